The van der Waals surface area contributed by atoms with Crippen LogP contribution in [0.2, 0.25) is 0 Å². The predicted molar refractivity (Wildman–Crippen MR) is 67.6 cm³/mol. The number of ketones is 1. The lowest BCUT2D eigenvalue weighted by Gasteiger charge is -2.23. The van der Waals surface area contributed by atoms with E-state index in [4.69, 9.17) is 4.74 Å². The quantitative estimate of drug-likeness (QED) is 0.791. The highest BCUT2D eigenvalue weighted by molar-refractivity contribution is 6.01. The Morgan fingerprint density at radius 1 is 1.24 bits per heavy atom. The van der Waals surface area contributed by atoms with Crippen LogP contribution in [0.1, 0.15) is 27.0 Å². The molecule has 1 atom stereocenters. The number of rotatable bonds is 2. The number of Topliss-reactive ketones (excluding diaryl/α,β-unsaturated/α-hetero) is 1. The summed E-state index contributed by atoms with van der Waals surface area (Å²) in [5, 5.41) is 3.19. The van der Waals surface area contributed by atoms with Gasteiger partial charge in [-0.2, -0.15) is 0 Å². The molecule has 2 rings (SSSR count). The zero-order valence-electron chi connectivity index (χ0n) is 10.7. The summed E-state index contributed by atoms with van der Waals surface area (Å²) in [6.07, 6.45) is -0.329. The zero-order chi connectivity index (χ0) is 12.4. The fourth-order valence-electron chi connectivity index (χ4n) is 2.13. The van der Waals surface area contributed by atoms with Crippen molar-refractivity contribution in [2.24, 2.45) is 0 Å². The van der Waals surface area contributed by atoms with Gasteiger partial charge in [0.25, 0.3) is 0 Å². The maximum atomic E-state index is 12.3. The second kappa shape index (κ2) is 4.98. The summed E-state index contributed by atoms with van der Waals surface area (Å²) in [4.78, 5) is 12.3. The number of aryl methyl sites for hydroxylation is 3. The van der Waals surface area contributed by atoms with Gasteiger partial charge < -0.3 is 10.1 Å². The number of carbonyl (C=O) groups is 1. The van der Waals surface area contributed by atoms with Gasteiger partial charge in [-0.15, -0.1) is 0 Å². The highest BCUT2D eigenvalue weighted by Gasteiger charge is 2.24. The van der Waals surface area contributed by atoms with Gasteiger partial charge in [0, 0.05) is 18.7 Å². The van der Waals surface area contributed by atoms with Crippen molar-refractivity contribution in [3.8, 4) is 0 Å². The van der Waals surface area contributed by atoms with E-state index in [9.17, 15) is 4.79 Å². The summed E-state index contributed by atoms with van der Waals surface area (Å²) in [6.45, 7) is 8.14. The molecule has 1 unspecified atom stereocenters. The smallest absolute Gasteiger partial charge is 0.193 e. The van der Waals surface area contributed by atoms with Gasteiger partial charge in [-0.3, -0.25) is 4.79 Å². The largest absolute Gasteiger partial charge is 0.367 e. The lowest BCUT2D eigenvalue weighted by Crippen LogP contribution is -2.43. The Bertz CT molecular complexity index is 434. The van der Waals surface area contributed by atoms with Gasteiger partial charge in [-0.25, -0.2) is 0 Å². The summed E-state index contributed by atoms with van der Waals surface area (Å²) >= 11 is 0. The normalized spacial score (nSPS) is 20.3. The third-order valence-corrected chi connectivity index (χ3v) is 3.33. The predicted octanol–water partition coefficient (Wildman–Crippen LogP) is 1.78. The minimum absolute atomic E-state index is 0.0952. The van der Waals surface area contributed by atoms with E-state index >= 15 is 0 Å². The van der Waals surface area contributed by atoms with Crippen molar-refractivity contribution in [3.63, 3.8) is 0 Å². The minimum Gasteiger partial charge on any atom is -0.367 e. The molecule has 17 heavy (non-hydrogen) atoms. The Hall–Kier alpha value is -1.19. The first-order valence-electron chi connectivity index (χ1n) is 6.04. The van der Waals surface area contributed by atoms with Gasteiger partial charge in [-0.1, -0.05) is 6.07 Å². The van der Waals surface area contributed by atoms with Crippen LogP contribution in [0, 0.1) is 20.8 Å². The van der Waals surface area contributed by atoms with Crippen molar-refractivity contribution in [2.75, 3.05) is 19.7 Å². The number of nitrogens with one attached hydrogen (secondary N) is 1. The van der Waals surface area contributed by atoms with Gasteiger partial charge in [0.2, 0.25) is 0 Å². The van der Waals surface area contributed by atoms with Crippen LogP contribution < -0.4 is 5.32 Å². The topological polar surface area (TPSA) is 38.3 Å². The van der Waals surface area contributed by atoms with Crippen molar-refractivity contribution < 1.29 is 9.53 Å². The maximum absolute atomic E-state index is 12.3. The Labute approximate surface area is 102 Å². The molecule has 3 heteroatoms. The van der Waals surface area contributed by atoms with Crippen LogP contribution in [-0.4, -0.2) is 31.6 Å². The standard InChI is InChI=1S/C14H19NO2/c1-9-6-11(3)12(7-10(9)2)14(16)13-8-15-4-5-17-13/h6-7,13,15H,4-5,8H2,1-3H3. The summed E-state index contributed by atoms with van der Waals surface area (Å²) in [5.74, 6) is 0.0952. The Morgan fingerprint density at radius 2 is 1.94 bits per heavy atom. The van der Waals surface area contributed by atoms with Crippen LogP contribution in [-0.2, 0) is 4.74 Å². The third kappa shape index (κ3) is 2.56. The molecule has 1 aliphatic heterocycles. The summed E-state index contributed by atoms with van der Waals surface area (Å²) in [6, 6.07) is 4.05. The Balaban J connectivity index is 2.26. The molecule has 0 saturated carbocycles. The van der Waals surface area contributed by atoms with Crippen molar-refractivity contribution >= 4 is 5.78 Å². The summed E-state index contributed by atoms with van der Waals surface area (Å²) < 4.78 is 5.51. The van der Waals surface area contributed by atoms with Gasteiger partial charge in [-0.05, 0) is 43.5 Å². The molecule has 1 saturated heterocycles. The highest BCUT2D eigenvalue weighted by Crippen LogP contribution is 2.18. The van der Waals surface area contributed by atoms with Crippen LogP contribution in [0.4, 0.5) is 0 Å². The molecular formula is C14H19NO2. The van der Waals surface area contributed by atoms with Gasteiger partial charge in [0.05, 0.1) is 6.61 Å². The maximum Gasteiger partial charge on any atom is 0.193 e. The Kier molecular flexibility index (Phi) is 3.60. The van der Waals surface area contributed by atoms with Gasteiger partial charge >= 0.3 is 0 Å². The van der Waals surface area contributed by atoms with E-state index in [1.54, 1.807) is 0 Å². The first kappa shape index (κ1) is 12.3. The first-order valence-corrected chi connectivity index (χ1v) is 6.04. The van der Waals surface area contributed by atoms with Crippen molar-refractivity contribution in [1.82, 2.24) is 5.32 Å². The number of carbonyl (C=O) groups excluding carboxylic acids is 1. The molecular weight excluding hydrogens is 214 g/mol. The molecule has 1 fully saturated rings. The fourth-order valence-corrected chi connectivity index (χ4v) is 2.13. The molecule has 3 nitrogen and oxygen atoms in total. The van der Waals surface area contributed by atoms with E-state index in [2.05, 4.69) is 18.3 Å². The van der Waals surface area contributed by atoms with E-state index in [0.717, 1.165) is 23.2 Å². The van der Waals surface area contributed by atoms with Crippen LogP contribution in [0.25, 0.3) is 0 Å². The number of hydrogen-bond acceptors (Lipinski definition) is 3. The zero-order valence-corrected chi connectivity index (χ0v) is 10.7. The number of ether oxygens (including phenoxy) is 1. The molecule has 92 valence electrons. The lowest BCUT2D eigenvalue weighted by molar-refractivity contribution is 0.0269. The van der Waals surface area contributed by atoms with E-state index in [1.807, 2.05) is 19.9 Å². The molecule has 0 spiro atoms. The highest BCUT2D eigenvalue weighted by atomic mass is 16.5. The first-order chi connectivity index (χ1) is 8.09. The van der Waals surface area contributed by atoms with E-state index in [-0.39, 0.29) is 11.9 Å². The summed E-state index contributed by atoms with van der Waals surface area (Å²) in [7, 11) is 0. The molecule has 1 aromatic rings. The van der Waals surface area contributed by atoms with Gasteiger partial charge in [0.15, 0.2) is 5.78 Å². The molecule has 0 aromatic heterocycles. The molecule has 0 bridgehead atoms. The number of hydrogen-bond donors (Lipinski definition) is 1. The fraction of sp³-hybridized carbons (Fsp3) is 0.500. The van der Waals surface area contributed by atoms with E-state index in [1.165, 1.54) is 5.56 Å². The van der Waals surface area contributed by atoms with Crippen LogP contribution in [0.5, 0.6) is 0 Å². The molecule has 1 aliphatic rings. The van der Waals surface area contributed by atoms with Gasteiger partial charge in [0.1, 0.15) is 6.10 Å². The molecule has 1 aromatic carbocycles. The molecule has 0 aliphatic carbocycles. The molecule has 1 N–H and O–H groups in total. The lowest BCUT2D eigenvalue weighted by atomic mass is 9.95. The molecule has 0 radical (unpaired) electrons. The minimum atomic E-state index is -0.329. The average Bonchev–Trinajstić information content (AvgIpc) is 2.34. The number of benzene rings is 1. The molecule has 0 amide bonds. The average molecular weight is 233 g/mol. The monoisotopic (exact) mass is 233 g/mol. The van der Waals surface area contributed by atoms with Crippen molar-refractivity contribution in [2.45, 2.75) is 26.9 Å². The van der Waals surface area contributed by atoms with Crippen LogP contribution >= 0.6 is 0 Å². The molecule has 1 heterocycles. The summed E-state index contributed by atoms with van der Waals surface area (Å²) in [5.41, 5.74) is 4.21. The number of morpholine rings is 1. The Morgan fingerprint density at radius 3 is 2.59 bits per heavy atom. The second-order valence-corrected chi connectivity index (χ2v) is 4.68. The van der Waals surface area contributed by atoms with E-state index in [0.29, 0.717) is 13.2 Å². The van der Waals surface area contributed by atoms with Crippen molar-refractivity contribution in [3.05, 3.63) is 34.4 Å². The van der Waals surface area contributed by atoms with Crippen LogP contribution in [0.3, 0.4) is 0 Å². The SMILES string of the molecule is Cc1cc(C)c(C(=O)C2CNCCO2)cc1C. The van der Waals surface area contributed by atoms with Crippen LogP contribution in [0.15, 0.2) is 12.1 Å². The third-order valence-electron chi connectivity index (χ3n) is 3.33. The second-order valence-electron chi connectivity index (χ2n) is 4.68. The van der Waals surface area contributed by atoms with Crippen molar-refractivity contribution in [1.29, 1.82) is 0 Å². The van der Waals surface area contributed by atoms with E-state index < -0.39 is 0 Å².